The number of ketones is 1. The molecule has 0 bridgehead atoms. The van der Waals surface area contributed by atoms with Crippen LogP contribution in [0, 0.1) is 11.3 Å². The van der Waals surface area contributed by atoms with Gasteiger partial charge in [-0.25, -0.2) is 0 Å². The van der Waals surface area contributed by atoms with Crippen molar-refractivity contribution in [2.24, 2.45) is 16.3 Å². The van der Waals surface area contributed by atoms with Gasteiger partial charge in [0.15, 0.2) is 18.2 Å². The normalized spacial score (nSPS) is 20.6. The molecule has 1 aliphatic carbocycles. The predicted molar refractivity (Wildman–Crippen MR) is 152 cm³/mol. The van der Waals surface area contributed by atoms with Gasteiger partial charge in [-0.2, -0.15) is 0 Å². The van der Waals surface area contributed by atoms with Gasteiger partial charge >= 0.3 is 0 Å². The molecule has 2 atom stereocenters. The third-order valence-corrected chi connectivity index (χ3v) is 8.51. The molecule has 1 saturated carbocycles. The fraction of sp³-hybridized carbons (Fsp3) is 0.625. The third kappa shape index (κ3) is 7.72. The van der Waals surface area contributed by atoms with Crippen LogP contribution < -0.4 is 4.74 Å². The van der Waals surface area contributed by atoms with Crippen LogP contribution in [0.2, 0.25) is 0 Å². The lowest BCUT2D eigenvalue weighted by Gasteiger charge is -2.27. The van der Waals surface area contributed by atoms with Gasteiger partial charge in [0.2, 0.25) is 0 Å². The highest BCUT2D eigenvalue weighted by Crippen LogP contribution is 2.41. The monoisotopic (exact) mass is 522 g/mol. The molecule has 1 aromatic rings. The lowest BCUT2D eigenvalue weighted by atomic mass is 9.83. The molecule has 0 amide bonds. The van der Waals surface area contributed by atoms with Crippen LogP contribution in [0.5, 0.6) is 11.5 Å². The fourth-order valence-corrected chi connectivity index (χ4v) is 6.08. The standard InChI is InChI=1S/C32H46N2O4/c1-23(2)8-12-29-27-14-18-33-28(27)21-34(29)22-38-31-19-24(10-13-30(31)37)9-11-26(36)20-25(35)7-6-17-32(3)15-4-5-16-32/h10,13-14,18-19,21,23,25,29,35,37H,4-9,11-12,15-17,20,22H2,1-3H3/t25-,29?/m1/s1. The highest BCUT2D eigenvalue weighted by atomic mass is 16.5. The summed E-state index contributed by atoms with van der Waals surface area (Å²) in [7, 11) is 0. The Hall–Kier alpha value is -2.60. The average Bonchev–Trinajstić information content (AvgIpc) is 3.58. The van der Waals surface area contributed by atoms with E-state index in [1.165, 1.54) is 31.3 Å². The number of aliphatic imine (C=N–C) groups is 1. The van der Waals surface area contributed by atoms with E-state index in [9.17, 15) is 15.0 Å². The molecule has 4 rings (SSSR count). The zero-order valence-corrected chi connectivity index (χ0v) is 23.5. The minimum atomic E-state index is -0.552. The van der Waals surface area contributed by atoms with E-state index in [1.54, 1.807) is 6.07 Å². The third-order valence-electron chi connectivity index (χ3n) is 8.51. The van der Waals surface area contributed by atoms with Crippen LogP contribution in [0.15, 0.2) is 46.7 Å². The second kappa shape index (κ2) is 13.0. The number of allylic oxidation sites excluding steroid dienone is 1. The summed E-state index contributed by atoms with van der Waals surface area (Å²) in [5.41, 5.74) is 3.61. The quantitative estimate of drug-likeness (QED) is 0.268. The summed E-state index contributed by atoms with van der Waals surface area (Å²) in [6, 6.07) is 5.52. The summed E-state index contributed by atoms with van der Waals surface area (Å²) in [5.74, 6) is 1.22. The molecule has 1 aromatic carbocycles. The molecule has 2 heterocycles. The molecule has 208 valence electrons. The Morgan fingerprint density at radius 3 is 2.79 bits per heavy atom. The zero-order valence-electron chi connectivity index (χ0n) is 23.5. The van der Waals surface area contributed by atoms with E-state index in [1.807, 2.05) is 24.5 Å². The number of aryl methyl sites for hydroxylation is 1. The van der Waals surface area contributed by atoms with Gasteiger partial charge in [0.25, 0.3) is 0 Å². The molecule has 2 N–H and O–H groups in total. The van der Waals surface area contributed by atoms with E-state index in [0.29, 0.717) is 43.1 Å². The minimum Gasteiger partial charge on any atom is -0.504 e. The summed E-state index contributed by atoms with van der Waals surface area (Å²) < 4.78 is 6.06. The summed E-state index contributed by atoms with van der Waals surface area (Å²) in [4.78, 5) is 19.1. The number of aliphatic hydroxyl groups is 1. The summed E-state index contributed by atoms with van der Waals surface area (Å²) in [6.45, 7) is 7.14. The average molecular weight is 523 g/mol. The number of carbonyl (C=O) groups is 1. The molecular formula is C32H46N2O4. The lowest BCUT2D eigenvalue weighted by Crippen LogP contribution is -2.32. The number of rotatable bonds is 15. The molecule has 0 radical (unpaired) electrons. The van der Waals surface area contributed by atoms with Crippen LogP contribution in [0.3, 0.4) is 0 Å². The summed E-state index contributed by atoms with van der Waals surface area (Å²) in [5, 5.41) is 20.8. The molecule has 6 heteroatoms. The molecule has 38 heavy (non-hydrogen) atoms. The van der Waals surface area contributed by atoms with Crippen molar-refractivity contribution < 1.29 is 19.7 Å². The second-order valence-electron chi connectivity index (χ2n) is 12.3. The number of ether oxygens (including phenoxy) is 1. The minimum absolute atomic E-state index is 0.0807. The van der Waals surface area contributed by atoms with Gasteiger partial charge in [0.1, 0.15) is 5.78 Å². The van der Waals surface area contributed by atoms with Gasteiger partial charge in [-0.15, -0.1) is 0 Å². The highest BCUT2D eigenvalue weighted by Gasteiger charge is 2.31. The van der Waals surface area contributed by atoms with Gasteiger partial charge in [-0.3, -0.25) is 9.79 Å². The first-order chi connectivity index (χ1) is 18.2. The van der Waals surface area contributed by atoms with Crippen LogP contribution >= 0.6 is 0 Å². The molecule has 0 saturated heterocycles. The van der Waals surface area contributed by atoms with Crippen molar-refractivity contribution in [2.75, 3.05) is 6.73 Å². The number of hydrogen-bond acceptors (Lipinski definition) is 6. The van der Waals surface area contributed by atoms with Crippen molar-refractivity contribution in [1.82, 2.24) is 4.90 Å². The fourth-order valence-electron chi connectivity index (χ4n) is 6.08. The predicted octanol–water partition coefficient (Wildman–Crippen LogP) is 6.70. The van der Waals surface area contributed by atoms with Crippen molar-refractivity contribution >= 4 is 12.0 Å². The van der Waals surface area contributed by atoms with Crippen LogP contribution in [-0.4, -0.2) is 46.0 Å². The Bertz CT molecular complexity index is 1050. The maximum absolute atomic E-state index is 12.5. The van der Waals surface area contributed by atoms with E-state index < -0.39 is 6.10 Å². The van der Waals surface area contributed by atoms with Crippen molar-refractivity contribution in [3.63, 3.8) is 0 Å². The van der Waals surface area contributed by atoms with Gasteiger partial charge in [-0.05, 0) is 80.1 Å². The van der Waals surface area contributed by atoms with E-state index in [2.05, 4.69) is 36.7 Å². The van der Waals surface area contributed by atoms with Gasteiger partial charge in [-0.1, -0.05) is 46.1 Å². The number of nitrogens with zero attached hydrogens (tertiary/aromatic N) is 2. The number of phenols is 1. The van der Waals surface area contributed by atoms with E-state index >= 15 is 0 Å². The number of benzene rings is 1. The maximum Gasteiger partial charge on any atom is 0.163 e. The van der Waals surface area contributed by atoms with Crippen LogP contribution in [0.4, 0.5) is 0 Å². The van der Waals surface area contributed by atoms with E-state index in [4.69, 9.17) is 4.74 Å². The smallest absolute Gasteiger partial charge is 0.163 e. The number of carbonyl (C=O) groups excluding carboxylic acids is 1. The number of aliphatic hydroxyl groups excluding tert-OH is 1. The van der Waals surface area contributed by atoms with Crippen LogP contribution in [0.1, 0.15) is 97.0 Å². The molecule has 3 aliphatic rings. The van der Waals surface area contributed by atoms with Crippen LogP contribution in [-0.2, 0) is 11.2 Å². The zero-order chi connectivity index (χ0) is 27.1. The molecular weight excluding hydrogens is 476 g/mol. The highest BCUT2D eigenvalue weighted by molar-refractivity contribution is 5.81. The Morgan fingerprint density at radius 1 is 1.24 bits per heavy atom. The van der Waals surface area contributed by atoms with Crippen LogP contribution in [0.25, 0.3) is 0 Å². The van der Waals surface area contributed by atoms with Gasteiger partial charge in [0, 0.05) is 30.8 Å². The van der Waals surface area contributed by atoms with Crippen molar-refractivity contribution in [3.05, 3.63) is 47.3 Å². The second-order valence-corrected chi connectivity index (χ2v) is 12.3. The first kappa shape index (κ1) is 28.4. The molecule has 6 nitrogen and oxygen atoms in total. The molecule has 0 aromatic heterocycles. The Kier molecular flexibility index (Phi) is 9.69. The topological polar surface area (TPSA) is 82.4 Å². The Balaban J connectivity index is 1.23. The molecule has 1 fully saturated rings. The van der Waals surface area contributed by atoms with Gasteiger partial charge < -0.3 is 19.8 Å². The first-order valence-corrected chi connectivity index (χ1v) is 14.6. The number of fused-ring (bicyclic) bond motifs is 1. The molecule has 2 aliphatic heterocycles. The Morgan fingerprint density at radius 2 is 2.03 bits per heavy atom. The number of aromatic hydroxyl groups is 1. The Labute approximate surface area is 228 Å². The number of phenolic OH excluding ortho intramolecular Hbond substituents is 1. The first-order valence-electron chi connectivity index (χ1n) is 14.6. The molecule has 0 spiro atoms. The summed E-state index contributed by atoms with van der Waals surface area (Å²) >= 11 is 0. The maximum atomic E-state index is 12.5. The molecule has 1 unspecified atom stereocenters. The van der Waals surface area contributed by atoms with Crippen molar-refractivity contribution in [3.8, 4) is 11.5 Å². The van der Waals surface area contributed by atoms with Crippen molar-refractivity contribution in [1.29, 1.82) is 0 Å². The SMILES string of the molecule is CC(C)CCC1C2=CC=NC2=CN1COc1cc(CCC(=O)C[C@H](O)CCCC2(C)CCCC2)ccc1O. The van der Waals surface area contributed by atoms with E-state index in [0.717, 1.165) is 36.9 Å². The lowest BCUT2D eigenvalue weighted by molar-refractivity contribution is -0.121. The van der Waals surface area contributed by atoms with Crippen molar-refractivity contribution in [2.45, 2.75) is 110 Å². The summed E-state index contributed by atoms with van der Waals surface area (Å²) in [6.07, 6.45) is 16.8. The number of Topliss-reactive ketones (excluding diaryl/α,β-unsaturated/α-hetero) is 1. The number of hydrogen-bond donors (Lipinski definition) is 2. The van der Waals surface area contributed by atoms with E-state index in [-0.39, 0.29) is 24.0 Å². The largest absolute Gasteiger partial charge is 0.504 e. The van der Waals surface area contributed by atoms with Gasteiger partial charge in [0.05, 0.1) is 17.8 Å².